The molecule has 2 heterocycles. The molecule has 2 saturated heterocycles. The summed E-state index contributed by atoms with van der Waals surface area (Å²) in [7, 11) is 0. The molecule has 2 aliphatic heterocycles. The third-order valence-corrected chi connectivity index (χ3v) is 6.43. The lowest BCUT2D eigenvalue weighted by Gasteiger charge is -2.30. The minimum atomic E-state index is -4.47. The zero-order valence-corrected chi connectivity index (χ0v) is 17.8. The van der Waals surface area contributed by atoms with Gasteiger partial charge in [-0.25, -0.2) is 4.79 Å². The molecule has 2 fully saturated rings. The summed E-state index contributed by atoms with van der Waals surface area (Å²) in [5, 5.41) is 9.27. The third-order valence-electron chi connectivity index (χ3n) is 6.43. The van der Waals surface area contributed by atoms with Crippen LogP contribution < -0.4 is 5.73 Å². The van der Waals surface area contributed by atoms with Crippen LogP contribution in [0.1, 0.15) is 61.4 Å². The lowest BCUT2D eigenvalue weighted by Crippen LogP contribution is -2.49. The number of carboxylic acids is 1. The van der Waals surface area contributed by atoms with Gasteiger partial charge in [-0.05, 0) is 69.7 Å². The number of likely N-dealkylation sites (tertiary alicyclic amines) is 2. The van der Waals surface area contributed by atoms with Crippen LogP contribution in [-0.4, -0.2) is 63.4 Å². The Hall–Kier alpha value is -2.62. The van der Waals surface area contributed by atoms with Crippen LogP contribution in [0.3, 0.4) is 0 Å². The molecule has 0 aliphatic carbocycles. The number of benzene rings is 1. The van der Waals surface area contributed by atoms with Gasteiger partial charge in [-0.1, -0.05) is 0 Å². The minimum Gasteiger partial charge on any atom is -0.480 e. The molecule has 4 atom stereocenters. The van der Waals surface area contributed by atoms with Crippen molar-refractivity contribution in [3.63, 3.8) is 0 Å². The smallest absolute Gasteiger partial charge is 0.416 e. The average Bonchev–Trinajstić information content (AvgIpc) is 3.37. The van der Waals surface area contributed by atoms with E-state index in [1.54, 1.807) is 4.90 Å². The summed E-state index contributed by atoms with van der Waals surface area (Å²) >= 11 is 0. The van der Waals surface area contributed by atoms with Crippen molar-refractivity contribution >= 4 is 17.8 Å². The second-order valence-corrected chi connectivity index (χ2v) is 8.58. The molecule has 3 rings (SSSR count). The number of amides is 2. The van der Waals surface area contributed by atoms with Crippen molar-refractivity contribution in [3.05, 3.63) is 35.4 Å². The molecule has 0 bridgehead atoms. The Kier molecular flexibility index (Phi) is 7.12. The Morgan fingerprint density at radius 2 is 1.81 bits per heavy atom. The molecule has 32 heavy (non-hydrogen) atoms. The van der Waals surface area contributed by atoms with Crippen LogP contribution in [0.5, 0.6) is 0 Å². The largest absolute Gasteiger partial charge is 0.480 e. The summed E-state index contributed by atoms with van der Waals surface area (Å²) in [6.45, 7) is 2.25. The molecule has 2 unspecified atom stereocenters. The van der Waals surface area contributed by atoms with Crippen LogP contribution in [0, 0.1) is 0 Å². The van der Waals surface area contributed by atoms with Crippen LogP contribution in [-0.2, 0) is 15.8 Å². The molecule has 0 radical (unpaired) electrons. The molecule has 2 aliphatic rings. The summed E-state index contributed by atoms with van der Waals surface area (Å²) in [4.78, 5) is 40.0. The highest BCUT2D eigenvalue weighted by Crippen LogP contribution is 2.32. The zero-order valence-electron chi connectivity index (χ0n) is 17.8. The van der Waals surface area contributed by atoms with Gasteiger partial charge in [0, 0.05) is 24.2 Å². The summed E-state index contributed by atoms with van der Waals surface area (Å²) < 4.78 is 38.4. The summed E-state index contributed by atoms with van der Waals surface area (Å²) in [6, 6.07) is 2.17. The summed E-state index contributed by atoms with van der Waals surface area (Å²) in [6.07, 6.45) is -1.26. The first kappa shape index (κ1) is 24.0. The molecule has 0 spiro atoms. The van der Waals surface area contributed by atoms with Gasteiger partial charge >= 0.3 is 12.1 Å². The zero-order chi connectivity index (χ0) is 23.6. The first-order chi connectivity index (χ1) is 15.0. The third kappa shape index (κ3) is 5.06. The maximum Gasteiger partial charge on any atom is 0.416 e. The predicted molar refractivity (Wildman–Crippen MR) is 110 cm³/mol. The monoisotopic (exact) mass is 455 g/mol. The number of hydrogen-bond donors (Lipinski definition) is 2. The molecule has 0 aromatic heterocycles. The normalized spacial score (nSPS) is 24.6. The number of nitrogens with zero attached hydrogens (tertiary/aromatic N) is 2. The molecular weight excluding hydrogens is 427 g/mol. The fraction of sp³-hybridized carbons (Fsp3) is 0.591. The standard InChI is InChI=1S/C22H28F3N3O4/c1-13-4-9-16(10-11-17(26)20(30)27-12-2-3-18(27)21(31)32)28(13)19(29)14-5-7-15(8-6-14)22(23,24)25/h5-8,13,16-18H,2-4,9-12,26H2,1H3,(H,31,32)/t13?,16?,17-,18-/m0/s1. The minimum absolute atomic E-state index is 0.0864. The maximum absolute atomic E-state index is 13.0. The number of nitrogens with two attached hydrogens (primary N) is 1. The van der Waals surface area contributed by atoms with Gasteiger partial charge < -0.3 is 20.6 Å². The number of aliphatic carboxylic acids is 1. The Morgan fingerprint density at radius 3 is 2.41 bits per heavy atom. The molecule has 0 saturated carbocycles. The molecule has 1 aromatic carbocycles. The Morgan fingerprint density at radius 1 is 1.16 bits per heavy atom. The van der Waals surface area contributed by atoms with Crippen LogP contribution in [0.15, 0.2) is 24.3 Å². The number of alkyl halides is 3. The number of carboxylic acid groups (broad SMARTS) is 1. The molecule has 2 amide bonds. The SMILES string of the molecule is CC1CCC(CC[C@H](N)C(=O)N2CCC[C@H]2C(=O)O)N1C(=O)c1ccc(C(F)(F)F)cc1. The van der Waals surface area contributed by atoms with E-state index >= 15 is 0 Å². The topological polar surface area (TPSA) is 104 Å². The fourth-order valence-electron chi connectivity index (χ4n) is 4.67. The van der Waals surface area contributed by atoms with E-state index < -0.39 is 35.7 Å². The van der Waals surface area contributed by atoms with E-state index in [1.807, 2.05) is 6.92 Å². The van der Waals surface area contributed by atoms with Gasteiger partial charge in [0.25, 0.3) is 5.91 Å². The maximum atomic E-state index is 13.0. The van der Waals surface area contributed by atoms with Crippen LogP contribution in [0.4, 0.5) is 13.2 Å². The van der Waals surface area contributed by atoms with E-state index in [-0.39, 0.29) is 30.0 Å². The second-order valence-electron chi connectivity index (χ2n) is 8.58. The van der Waals surface area contributed by atoms with Gasteiger partial charge in [0.05, 0.1) is 11.6 Å². The molecule has 10 heteroatoms. The van der Waals surface area contributed by atoms with Crippen molar-refractivity contribution in [2.75, 3.05) is 6.54 Å². The number of hydrogen-bond acceptors (Lipinski definition) is 4. The molecular formula is C22H28F3N3O4. The number of carbonyl (C=O) groups excluding carboxylic acids is 2. The van der Waals surface area contributed by atoms with Crippen LogP contribution in [0.25, 0.3) is 0 Å². The summed E-state index contributed by atoms with van der Waals surface area (Å²) in [5.74, 6) is -1.79. The van der Waals surface area contributed by atoms with E-state index in [2.05, 4.69) is 0 Å². The molecule has 7 nitrogen and oxygen atoms in total. The lowest BCUT2D eigenvalue weighted by molar-refractivity contribution is -0.148. The highest BCUT2D eigenvalue weighted by atomic mass is 19.4. The van der Waals surface area contributed by atoms with E-state index in [1.165, 1.54) is 17.0 Å². The quantitative estimate of drug-likeness (QED) is 0.687. The van der Waals surface area contributed by atoms with Gasteiger partial charge in [-0.3, -0.25) is 9.59 Å². The van der Waals surface area contributed by atoms with Crippen molar-refractivity contribution in [1.82, 2.24) is 9.80 Å². The average molecular weight is 455 g/mol. The van der Waals surface area contributed by atoms with Gasteiger partial charge in [-0.15, -0.1) is 0 Å². The number of halogens is 3. The Labute approximate surface area is 184 Å². The number of rotatable bonds is 6. The molecule has 176 valence electrons. The first-order valence-corrected chi connectivity index (χ1v) is 10.8. The van der Waals surface area contributed by atoms with Crippen molar-refractivity contribution < 1.29 is 32.7 Å². The molecule has 3 N–H and O–H groups in total. The lowest BCUT2D eigenvalue weighted by atomic mass is 10.0. The van der Waals surface area contributed by atoms with Gasteiger partial charge in [0.2, 0.25) is 5.91 Å². The van der Waals surface area contributed by atoms with E-state index in [0.29, 0.717) is 32.2 Å². The summed E-state index contributed by atoms with van der Waals surface area (Å²) in [5.41, 5.74) is 5.43. The highest BCUT2D eigenvalue weighted by Gasteiger charge is 2.38. The molecule has 1 aromatic rings. The first-order valence-electron chi connectivity index (χ1n) is 10.8. The van der Waals surface area contributed by atoms with Crippen molar-refractivity contribution in [2.45, 2.75) is 75.8 Å². The van der Waals surface area contributed by atoms with E-state index in [0.717, 1.165) is 18.6 Å². The second kappa shape index (κ2) is 9.48. The van der Waals surface area contributed by atoms with Gasteiger partial charge in [0.1, 0.15) is 6.04 Å². The van der Waals surface area contributed by atoms with Gasteiger partial charge in [-0.2, -0.15) is 13.2 Å². The van der Waals surface area contributed by atoms with Gasteiger partial charge in [0.15, 0.2) is 0 Å². The van der Waals surface area contributed by atoms with Crippen LogP contribution >= 0.6 is 0 Å². The van der Waals surface area contributed by atoms with Crippen molar-refractivity contribution in [2.24, 2.45) is 5.73 Å². The van der Waals surface area contributed by atoms with Crippen molar-refractivity contribution in [3.8, 4) is 0 Å². The van der Waals surface area contributed by atoms with Crippen molar-refractivity contribution in [1.29, 1.82) is 0 Å². The van der Waals surface area contributed by atoms with E-state index in [9.17, 15) is 32.7 Å². The number of carbonyl (C=O) groups is 3. The highest BCUT2D eigenvalue weighted by molar-refractivity contribution is 5.95. The Balaban J connectivity index is 1.63. The predicted octanol–water partition coefficient (Wildman–Crippen LogP) is 2.88. The van der Waals surface area contributed by atoms with Crippen LogP contribution in [0.2, 0.25) is 0 Å². The Bertz CT molecular complexity index is 859. The fourth-order valence-corrected chi connectivity index (χ4v) is 4.67. The van der Waals surface area contributed by atoms with E-state index in [4.69, 9.17) is 5.73 Å².